The molecule has 5 heteroatoms. The Hall–Kier alpha value is -2.11. The van der Waals surface area contributed by atoms with Crippen molar-refractivity contribution in [1.29, 1.82) is 0 Å². The zero-order valence-electron chi connectivity index (χ0n) is 15.2. The number of nitrogens with one attached hydrogen (secondary N) is 1. The fraction of sp³-hybridized carbons (Fsp3) is 0.333. The van der Waals surface area contributed by atoms with E-state index in [0.717, 1.165) is 44.5 Å². The molecule has 3 rings (SSSR count). The number of rotatable bonds is 6. The summed E-state index contributed by atoms with van der Waals surface area (Å²) in [5.74, 6) is 0. The molecule has 0 radical (unpaired) electrons. The van der Waals surface area contributed by atoms with Crippen LogP contribution in [0.25, 0.3) is 6.08 Å². The molecule has 1 N–H and O–H groups in total. The van der Waals surface area contributed by atoms with Gasteiger partial charge in [0.15, 0.2) is 0 Å². The van der Waals surface area contributed by atoms with Crippen LogP contribution < -0.4 is 4.72 Å². The fourth-order valence-electron chi connectivity index (χ4n) is 3.37. The third-order valence-electron chi connectivity index (χ3n) is 4.82. The van der Waals surface area contributed by atoms with E-state index in [1.54, 1.807) is 30.3 Å². The summed E-state index contributed by atoms with van der Waals surface area (Å²) in [6.07, 6.45) is 4.83. The summed E-state index contributed by atoms with van der Waals surface area (Å²) < 4.78 is 28.0. The zero-order chi connectivity index (χ0) is 18.6. The third kappa shape index (κ3) is 4.34. The second kappa shape index (κ2) is 8.06. The maximum absolute atomic E-state index is 12.6. The van der Waals surface area contributed by atoms with Gasteiger partial charge < -0.3 is 4.90 Å². The lowest BCUT2D eigenvalue weighted by Gasteiger charge is -2.18. The topological polar surface area (TPSA) is 49.4 Å². The highest BCUT2D eigenvalue weighted by Crippen LogP contribution is 2.23. The Morgan fingerprint density at radius 3 is 2.42 bits per heavy atom. The van der Waals surface area contributed by atoms with E-state index in [4.69, 9.17) is 0 Å². The van der Waals surface area contributed by atoms with Gasteiger partial charge in [-0.2, -0.15) is 0 Å². The van der Waals surface area contributed by atoms with Crippen molar-refractivity contribution < 1.29 is 8.42 Å². The number of anilines is 1. The first-order chi connectivity index (χ1) is 12.5. The van der Waals surface area contributed by atoms with Crippen LogP contribution in [0.2, 0.25) is 0 Å². The van der Waals surface area contributed by atoms with Gasteiger partial charge in [0.1, 0.15) is 0 Å². The molecule has 0 atom stereocenters. The maximum atomic E-state index is 12.6. The summed E-state index contributed by atoms with van der Waals surface area (Å²) in [6, 6.07) is 12.6. The van der Waals surface area contributed by atoms with E-state index in [0.29, 0.717) is 5.69 Å². The Morgan fingerprint density at radius 1 is 1.08 bits per heavy atom. The first-order valence-electron chi connectivity index (χ1n) is 9.11. The van der Waals surface area contributed by atoms with Crippen molar-refractivity contribution in [3.05, 3.63) is 65.7 Å². The molecule has 0 saturated carbocycles. The fourth-order valence-corrected chi connectivity index (χ4v) is 4.42. The molecule has 4 nitrogen and oxygen atoms in total. The molecule has 0 saturated heterocycles. The van der Waals surface area contributed by atoms with Crippen LogP contribution in [-0.2, 0) is 22.9 Å². The molecule has 138 valence electrons. The van der Waals surface area contributed by atoms with Gasteiger partial charge in [-0.15, -0.1) is 0 Å². The van der Waals surface area contributed by atoms with E-state index < -0.39 is 10.0 Å². The van der Waals surface area contributed by atoms with Crippen LogP contribution in [0, 0.1) is 0 Å². The van der Waals surface area contributed by atoms with Gasteiger partial charge >= 0.3 is 0 Å². The highest BCUT2D eigenvalue weighted by molar-refractivity contribution is 7.92. The van der Waals surface area contributed by atoms with Gasteiger partial charge in [-0.3, -0.25) is 4.72 Å². The monoisotopic (exact) mass is 370 g/mol. The number of hydrogen-bond acceptors (Lipinski definition) is 3. The Labute approximate surface area is 156 Å². The molecule has 1 aliphatic heterocycles. The van der Waals surface area contributed by atoms with Crippen LogP contribution in [0.3, 0.4) is 0 Å². The van der Waals surface area contributed by atoms with Gasteiger partial charge in [-0.25, -0.2) is 8.42 Å². The van der Waals surface area contributed by atoms with Crippen LogP contribution in [0.1, 0.15) is 30.0 Å². The van der Waals surface area contributed by atoms with Crippen molar-refractivity contribution in [2.75, 3.05) is 24.4 Å². The molecule has 2 aromatic carbocycles. The number of fused-ring (bicyclic) bond motifs is 1. The highest BCUT2D eigenvalue weighted by Gasteiger charge is 2.17. The normalized spacial score (nSPS) is 15.1. The van der Waals surface area contributed by atoms with Crippen LogP contribution in [0.15, 0.2) is 53.9 Å². The Bertz CT molecular complexity index is 873. The van der Waals surface area contributed by atoms with Gasteiger partial charge in [0.25, 0.3) is 10.0 Å². The second-order valence-corrected chi connectivity index (χ2v) is 8.39. The molecular weight excluding hydrogens is 344 g/mol. The average molecular weight is 371 g/mol. The molecule has 2 aromatic rings. The first kappa shape index (κ1) is 18.7. The maximum Gasteiger partial charge on any atom is 0.261 e. The predicted molar refractivity (Wildman–Crippen MR) is 108 cm³/mol. The molecule has 1 heterocycles. The minimum atomic E-state index is -3.59. The van der Waals surface area contributed by atoms with E-state index in [1.807, 2.05) is 12.1 Å². The minimum Gasteiger partial charge on any atom is -0.303 e. The quantitative estimate of drug-likeness (QED) is 0.838. The highest BCUT2D eigenvalue weighted by atomic mass is 32.2. The molecule has 0 unspecified atom stereocenters. The molecule has 26 heavy (non-hydrogen) atoms. The van der Waals surface area contributed by atoms with Crippen molar-refractivity contribution in [3.63, 3.8) is 0 Å². The number of nitrogens with zero attached hydrogens (tertiary/aromatic N) is 1. The van der Waals surface area contributed by atoms with Gasteiger partial charge in [0.05, 0.1) is 4.90 Å². The Morgan fingerprint density at radius 2 is 1.77 bits per heavy atom. The molecule has 0 amide bonds. The van der Waals surface area contributed by atoms with Crippen molar-refractivity contribution in [2.45, 2.75) is 31.1 Å². The molecular formula is C21H26N2O2S. The number of benzene rings is 2. The predicted octanol–water partition coefficient (Wildman–Crippen LogP) is 3.94. The second-order valence-electron chi connectivity index (χ2n) is 6.70. The number of hydrogen-bond donors (Lipinski definition) is 1. The summed E-state index contributed by atoms with van der Waals surface area (Å²) in [5.41, 5.74) is 4.08. The van der Waals surface area contributed by atoms with Crippen LogP contribution in [0.4, 0.5) is 5.69 Å². The van der Waals surface area contributed by atoms with Crippen LogP contribution >= 0.6 is 0 Å². The van der Waals surface area contributed by atoms with Crippen molar-refractivity contribution in [3.8, 4) is 0 Å². The van der Waals surface area contributed by atoms with Gasteiger partial charge in [0, 0.05) is 18.8 Å². The van der Waals surface area contributed by atoms with E-state index >= 15 is 0 Å². The summed E-state index contributed by atoms with van der Waals surface area (Å²) in [7, 11) is -3.59. The Balaban J connectivity index is 1.77. The lowest BCUT2D eigenvalue weighted by Crippen LogP contribution is -2.27. The van der Waals surface area contributed by atoms with E-state index in [1.165, 1.54) is 11.1 Å². The largest absolute Gasteiger partial charge is 0.303 e. The van der Waals surface area contributed by atoms with Gasteiger partial charge in [0.2, 0.25) is 0 Å². The average Bonchev–Trinajstić information content (AvgIpc) is 2.84. The van der Waals surface area contributed by atoms with E-state index in [2.05, 4.69) is 29.2 Å². The minimum absolute atomic E-state index is 0.257. The van der Waals surface area contributed by atoms with Crippen LogP contribution in [0.5, 0.6) is 0 Å². The standard InChI is InChI=1S/C21H26N2O2S/c1-3-13-23-14-11-18-7-8-20(16-19(18)12-15-23)22-26(24,25)21-9-5-17(4-2)6-10-21/h4-10,16,22H,2-3,11-15H2,1H3. The lowest BCUT2D eigenvalue weighted by atomic mass is 10.0. The molecule has 0 aliphatic carbocycles. The lowest BCUT2D eigenvalue weighted by molar-refractivity contribution is 0.288. The van der Waals surface area contributed by atoms with Crippen molar-refractivity contribution >= 4 is 21.8 Å². The third-order valence-corrected chi connectivity index (χ3v) is 6.22. The van der Waals surface area contributed by atoms with Crippen molar-refractivity contribution in [1.82, 2.24) is 4.90 Å². The summed E-state index contributed by atoms with van der Waals surface area (Å²) >= 11 is 0. The SMILES string of the molecule is C=Cc1ccc(S(=O)(=O)Nc2ccc3c(c2)CCN(CCC)CC3)cc1. The molecule has 1 aliphatic rings. The van der Waals surface area contributed by atoms with Crippen LogP contribution in [-0.4, -0.2) is 33.0 Å². The first-order valence-corrected chi connectivity index (χ1v) is 10.6. The van der Waals surface area contributed by atoms with Gasteiger partial charge in [-0.1, -0.05) is 37.8 Å². The summed E-state index contributed by atoms with van der Waals surface area (Å²) in [4.78, 5) is 2.73. The molecule has 0 spiro atoms. The summed E-state index contributed by atoms with van der Waals surface area (Å²) in [6.45, 7) is 9.11. The van der Waals surface area contributed by atoms with Crippen molar-refractivity contribution in [2.24, 2.45) is 0 Å². The zero-order valence-corrected chi connectivity index (χ0v) is 16.1. The van der Waals surface area contributed by atoms with Gasteiger partial charge in [-0.05, 0) is 66.8 Å². The summed E-state index contributed by atoms with van der Waals surface area (Å²) in [5, 5.41) is 0. The molecule has 0 fully saturated rings. The van der Waals surface area contributed by atoms with E-state index in [9.17, 15) is 8.42 Å². The molecule has 0 aromatic heterocycles. The smallest absolute Gasteiger partial charge is 0.261 e. The Kier molecular flexibility index (Phi) is 5.79. The van der Waals surface area contributed by atoms with E-state index in [-0.39, 0.29) is 4.90 Å². The number of sulfonamides is 1. The molecule has 0 bridgehead atoms.